The fraction of sp³-hybridized carbons (Fsp3) is 0.571. The van der Waals surface area contributed by atoms with Gasteiger partial charge >= 0.3 is 0 Å². The molecule has 0 spiro atoms. The van der Waals surface area contributed by atoms with E-state index in [1.807, 2.05) is 30.3 Å². The van der Waals surface area contributed by atoms with Gasteiger partial charge in [-0.05, 0) is 5.56 Å². The van der Waals surface area contributed by atoms with Crippen molar-refractivity contribution in [3.05, 3.63) is 35.9 Å². The lowest BCUT2D eigenvalue weighted by atomic mass is 10.1. The smallest absolute Gasteiger partial charge is 0.186 e. The highest BCUT2D eigenvalue weighted by Crippen LogP contribution is 2.33. The monoisotopic (exact) mass is 266 g/mol. The third-order valence-corrected chi connectivity index (χ3v) is 3.56. The van der Waals surface area contributed by atoms with Gasteiger partial charge in [0.15, 0.2) is 6.29 Å². The van der Waals surface area contributed by atoms with Gasteiger partial charge in [-0.3, -0.25) is 0 Å². The van der Waals surface area contributed by atoms with Crippen molar-refractivity contribution < 1.29 is 24.1 Å². The first-order chi connectivity index (χ1) is 9.29. The SMILES string of the molecule is CO[C@H]1O[C@H]2[C@H](OC[C@@H]2O)[C@@H]1OCc1ccccc1. The number of rotatable bonds is 4. The zero-order valence-corrected chi connectivity index (χ0v) is 10.8. The van der Waals surface area contributed by atoms with Crippen molar-refractivity contribution in [3.8, 4) is 0 Å². The van der Waals surface area contributed by atoms with Crippen LogP contribution in [0.4, 0.5) is 0 Å². The first-order valence-corrected chi connectivity index (χ1v) is 6.43. The molecule has 2 aliphatic rings. The first kappa shape index (κ1) is 13.0. The lowest BCUT2D eigenvalue weighted by molar-refractivity contribution is -0.182. The Morgan fingerprint density at radius 3 is 2.79 bits per heavy atom. The Morgan fingerprint density at radius 2 is 2.05 bits per heavy atom. The van der Waals surface area contributed by atoms with Gasteiger partial charge in [0.1, 0.15) is 24.4 Å². The normalized spacial score (nSPS) is 37.5. The van der Waals surface area contributed by atoms with Crippen LogP contribution in [0, 0.1) is 0 Å². The third-order valence-electron chi connectivity index (χ3n) is 3.56. The van der Waals surface area contributed by atoms with Crippen LogP contribution in [0.2, 0.25) is 0 Å². The van der Waals surface area contributed by atoms with E-state index >= 15 is 0 Å². The zero-order valence-electron chi connectivity index (χ0n) is 10.8. The van der Waals surface area contributed by atoms with Crippen LogP contribution in [-0.4, -0.2) is 49.5 Å². The van der Waals surface area contributed by atoms with E-state index in [4.69, 9.17) is 18.9 Å². The number of aliphatic hydroxyl groups excluding tert-OH is 1. The third kappa shape index (κ3) is 2.52. The van der Waals surface area contributed by atoms with Crippen LogP contribution in [0.25, 0.3) is 0 Å². The van der Waals surface area contributed by atoms with Crippen molar-refractivity contribution in [1.82, 2.24) is 0 Å². The molecule has 2 saturated heterocycles. The Kier molecular flexibility index (Phi) is 3.81. The van der Waals surface area contributed by atoms with Crippen LogP contribution in [-0.2, 0) is 25.6 Å². The Hall–Kier alpha value is -0.980. The van der Waals surface area contributed by atoms with Crippen molar-refractivity contribution in [2.45, 2.75) is 37.3 Å². The molecule has 1 aromatic rings. The molecule has 2 heterocycles. The molecule has 0 aromatic heterocycles. The molecular formula is C14H18O5. The molecule has 1 aromatic carbocycles. The van der Waals surface area contributed by atoms with Crippen molar-refractivity contribution in [1.29, 1.82) is 0 Å². The van der Waals surface area contributed by atoms with Crippen LogP contribution < -0.4 is 0 Å². The topological polar surface area (TPSA) is 57.2 Å². The van der Waals surface area contributed by atoms with Crippen LogP contribution in [0.15, 0.2) is 30.3 Å². The number of ether oxygens (including phenoxy) is 4. The summed E-state index contributed by atoms with van der Waals surface area (Å²) in [6.45, 7) is 0.758. The lowest BCUT2D eigenvalue weighted by Crippen LogP contribution is -2.35. The molecule has 2 aliphatic heterocycles. The first-order valence-electron chi connectivity index (χ1n) is 6.43. The molecule has 5 heteroatoms. The average Bonchev–Trinajstić information content (AvgIpc) is 2.98. The minimum absolute atomic E-state index is 0.260. The second kappa shape index (κ2) is 5.56. The number of benzene rings is 1. The summed E-state index contributed by atoms with van der Waals surface area (Å²) < 4.78 is 22.3. The van der Waals surface area contributed by atoms with Gasteiger partial charge < -0.3 is 24.1 Å². The Morgan fingerprint density at radius 1 is 1.26 bits per heavy atom. The van der Waals surface area contributed by atoms with Gasteiger partial charge in [0.25, 0.3) is 0 Å². The maximum Gasteiger partial charge on any atom is 0.186 e. The van der Waals surface area contributed by atoms with E-state index in [1.165, 1.54) is 0 Å². The van der Waals surface area contributed by atoms with Crippen LogP contribution in [0.5, 0.6) is 0 Å². The summed E-state index contributed by atoms with van der Waals surface area (Å²) in [6.07, 6.45) is -2.02. The fourth-order valence-corrected chi connectivity index (χ4v) is 2.59. The molecule has 0 amide bonds. The summed E-state index contributed by atoms with van der Waals surface area (Å²) in [7, 11) is 1.57. The van der Waals surface area contributed by atoms with Gasteiger partial charge in [0, 0.05) is 7.11 Å². The standard InChI is InChI=1S/C14H18O5/c1-16-14-13(12-11(19-14)10(15)8-18-12)17-7-9-5-3-2-4-6-9/h2-6,10-15H,7-8H2,1H3/t10-,11+,12-,13-,14-/m0/s1. The maximum absolute atomic E-state index is 9.75. The Labute approximate surface area is 112 Å². The minimum Gasteiger partial charge on any atom is -0.388 e. The summed E-state index contributed by atoms with van der Waals surface area (Å²) >= 11 is 0. The number of hydrogen-bond acceptors (Lipinski definition) is 5. The molecule has 0 bridgehead atoms. The van der Waals surface area contributed by atoms with Gasteiger partial charge in [0.05, 0.1) is 13.2 Å². The lowest BCUT2D eigenvalue weighted by Gasteiger charge is -2.21. The van der Waals surface area contributed by atoms with Crippen LogP contribution in [0.3, 0.4) is 0 Å². The summed E-state index contributed by atoms with van der Waals surface area (Å²) in [5.41, 5.74) is 1.08. The van der Waals surface area contributed by atoms with E-state index in [9.17, 15) is 5.11 Å². The number of fused-ring (bicyclic) bond motifs is 1. The van der Waals surface area contributed by atoms with Crippen molar-refractivity contribution >= 4 is 0 Å². The molecular weight excluding hydrogens is 248 g/mol. The summed E-state index contributed by atoms with van der Waals surface area (Å²) in [5, 5.41) is 9.75. The molecule has 0 saturated carbocycles. The average molecular weight is 266 g/mol. The van der Waals surface area contributed by atoms with E-state index in [0.717, 1.165) is 5.56 Å². The Balaban J connectivity index is 1.65. The molecule has 0 aliphatic carbocycles. The maximum atomic E-state index is 9.75. The fourth-order valence-electron chi connectivity index (χ4n) is 2.59. The highest BCUT2D eigenvalue weighted by atomic mass is 16.7. The van der Waals surface area contributed by atoms with Gasteiger partial charge in [-0.2, -0.15) is 0 Å². The van der Waals surface area contributed by atoms with E-state index in [2.05, 4.69) is 0 Å². The molecule has 5 atom stereocenters. The number of aliphatic hydroxyl groups is 1. The highest BCUT2D eigenvalue weighted by Gasteiger charge is 2.53. The Bertz CT molecular complexity index is 410. The van der Waals surface area contributed by atoms with Gasteiger partial charge in [-0.15, -0.1) is 0 Å². The van der Waals surface area contributed by atoms with Crippen LogP contribution >= 0.6 is 0 Å². The van der Waals surface area contributed by atoms with Gasteiger partial charge in [-0.1, -0.05) is 30.3 Å². The predicted molar refractivity (Wildman–Crippen MR) is 66.4 cm³/mol. The van der Waals surface area contributed by atoms with E-state index in [1.54, 1.807) is 7.11 Å². The largest absolute Gasteiger partial charge is 0.388 e. The highest BCUT2D eigenvalue weighted by molar-refractivity contribution is 5.13. The zero-order chi connectivity index (χ0) is 13.2. The minimum atomic E-state index is -0.604. The van der Waals surface area contributed by atoms with Crippen molar-refractivity contribution in [2.24, 2.45) is 0 Å². The molecule has 0 unspecified atom stereocenters. The molecule has 5 nitrogen and oxygen atoms in total. The van der Waals surface area contributed by atoms with E-state index < -0.39 is 12.4 Å². The summed E-state index contributed by atoms with van der Waals surface area (Å²) in [6, 6.07) is 9.90. The quantitative estimate of drug-likeness (QED) is 0.869. The second-order valence-corrected chi connectivity index (χ2v) is 4.83. The van der Waals surface area contributed by atoms with Crippen molar-refractivity contribution in [3.63, 3.8) is 0 Å². The van der Waals surface area contributed by atoms with Gasteiger partial charge in [0.2, 0.25) is 0 Å². The molecule has 1 N–H and O–H groups in total. The molecule has 3 rings (SSSR count). The summed E-state index contributed by atoms with van der Waals surface area (Å²) in [5.74, 6) is 0. The molecule has 19 heavy (non-hydrogen) atoms. The van der Waals surface area contributed by atoms with Gasteiger partial charge in [-0.25, -0.2) is 0 Å². The molecule has 2 fully saturated rings. The number of hydrogen-bond donors (Lipinski definition) is 1. The van der Waals surface area contributed by atoms with Crippen LogP contribution in [0.1, 0.15) is 5.56 Å². The molecule has 104 valence electrons. The number of methoxy groups -OCH3 is 1. The van der Waals surface area contributed by atoms with E-state index in [0.29, 0.717) is 6.61 Å². The second-order valence-electron chi connectivity index (χ2n) is 4.83. The molecule has 0 radical (unpaired) electrons. The van der Waals surface area contributed by atoms with Crippen molar-refractivity contribution in [2.75, 3.05) is 13.7 Å². The van der Waals surface area contributed by atoms with E-state index in [-0.39, 0.29) is 24.9 Å². The predicted octanol–water partition coefficient (Wildman–Crippen LogP) is 0.703. The summed E-state index contributed by atoms with van der Waals surface area (Å²) in [4.78, 5) is 0.